The quantitative estimate of drug-likeness (QED) is 0.160. The smallest absolute Gasteiger partial charge is 0.253 e. The van der Waals surface area contributed by atoms with Gasteiger partial charge in [0.15, 0.2) is 11.5 Å². The van der Waals surface area contributed by atoms with Gasteiger partial charge in [-0.1, -0.05) is 19.9 Å². The van der Waals surface area contributed by atoms with Gasteiger partial charge in [-0.05, 0) is 42.4 Å². The van der Waals surface area contributed by atoms with Crippen LogP contribution in [0.3, 0.4) is 0 Å². The van der Waals surface area contributed by atoms with E-state index >= 15 is 0 Å². The molecule has 3 atom stereocenters. The number of hydrogen-bond donors (Lipinski definition) is 4. The number of nitrogens with one attached hydrogen (secondary N) is 2. The van der Waals surface area contributed by atoms with E-state index in [0.29, 0.717) is 50.2 Å². The Kier molecular flexibility index (Phi) is 12.9. The van der Waals surface area contributed by atoms with Crippen molar-refractivity contribution in [3.63, 3.8) is 0 Å². The van der Waals surface area contributed by atoms with Crippen LogP contribution >= 0.6 is 0 Å². The molecular weight excluding hydrogens is 478 g/mol. The number of benzene rings is 1. The Balaban J connectivity index is 1.97. The minimum absolute atomic E-state index is 0.0673. The van der Waals surface area contributed by atoms with Gasteiger partial charge in [-0.2, -0.15) is 0 Å². The maximum Gasteiger partial charge on any atom is 0.253 e. The van der Waals surface area contributed by atoms with Crippen LogP contribution in [0.15, 0.2) is 27.8 Å². The predicted molar refractivity (Wildman–Crippen MR) is 146 cm³/mol. The molecule has 0 heterocycles. The van der Waals surface area contributed by atoms with Gasteiger partial charge in [0.2, 0.25) is 0 Å². The lowest BCUT2D eigenvalue weighted by Crippen LogP contribution is -2.44. The van der Waals surface area contributed by atoms with Gasteiger partial charge in [0, 0.05) is 46.4 Å². The first-order valence-corrected chi connectivity index (χ1v) is 12.8. The van der Waals surface area contributed by atoms with Gasteiger partial charge in [-0.25, -0.2) is 0 Å². The fourth-order valence-corrected chi connectivity index (χ4v) is 4.11. The summed E-state index contributed by atoms with van der Waals surface area (Å²) in [6.45, 7) is 6.29. The van der Waals surface area contributed by atoms with Crippen molar-refractivity contribution in [3.05, 3.63) is 44.2 Å². The Hall–Kier alpha value is -2.66. The molecule has 2 rings (SSSR count). The molecule has 0 saturated carbocycles. The first-order chi connectivity index (χ1) is 17.7. The second-order valence-electron chi connectivity index (χ2n) is 9.56. The molecule has 5 N–H and O–H groups in total. The predicted octanol–water partition coefficient (Wildman–Crippen LogP) is 1.77. The second kappa shape index (κ2) is 15.6. The Bertz CT molecular complexity index is 1020. The van der Waals surface area contributed by atoms with Gasteiger partial charge in [0.05, 0.1) is 26.4 Å². The number of nitrogens with two attached hydrogens (primary N) is 1. The van der Waals surface area contributed by atoms with Crippen LogP contribution in [0.4, 0.5) is 11.4 Å². The summed E-state index contributed by atoms with van der Waals surface area (Å²) in [4.78, 5) is 23.8. The summed E-state index contributed by atoms with van der Waals surface area (Å²) in [7, 11) is 4.83. The number of ether oxygens (including phenoxy) is 4. The maximum atomic E-state index is 11.9. The molecule has 37 heavy (non-hydrogen) atoms. The zero-order valence-corrected chi connectivity index (χ0v) is 22.7. The van der Waals surface area contributed by atoms with Crippen molar-refractivity contribution in [2.45, 2.75) is 45.3 Å². The second-order valence-corrected chi connectivity index (χ2v) is 9.56. The Morgan fingerprint density at radius 1 is 0.946 bits per heavy atom. The third kappa shape index (κ3) is 8.99. The van der Waals surface area contributed by atoms with Crippen molar-refractivity contribution in [2.24, 2.45) is 17.6 Å². The third-order valence-electron chi connectivity index (χ3n) is 6.49. The van der Waals surface area contributed by atoms with E-state index in [1.165, 1.54) is 0 Å². The SMILES string of the molecule is COCCCOc1cc(C[C@@H](C[C@H](N)[C@@H](O)CNc2c(NCCOC)c(=O)c2=O)C(C)C)ccc1OC. The molecule has 0 aliphatic rings. The number of rotatable bonds is 19. The van der Waals surface area contributed by atoms with Crippen molar-refractivity contribution in [2.75, 3.05) is 64.9 Å². The molecule has 10 heteroatoms. The molecule has 0 bridgehead atoms. The highest BCUT2D eigenvalue weighted by Gasteiger charge is 2.25. The van der Waals surface area contributed by atoms with E-state index in [0.717, 1.165) is 18.4 Å². The molecular formula is C27H43N3O7. The maximum absolute atomic E-state index is 11.9. The first-order valence-electron chi connectivity index (χ1n) is 12.8. The first kappa shape index (κ1) is 30.6. The summed E-state index contributed by atoms with van der Waals surface area (Å²) in [6.07, 6.45) is 1.23. The molecule has 2 aromatic carbocycles. The number of anilines is 2. The Morgan fingerprint density at radius 2 is 1.62 bits per heavy atom. The van der Waals surface area contributed by atoms with Gasteiger partial charge in [0.1, 0.15) is 11.4 Å². The minimum Gasteiger partial charge on any atom is -0.493 e. The summed E-state index contributed by atoms with van der Waals surface area (Å²) in [5.41, 5.74) is 6.71. The monoisotopic (exact) mass is 521 g/mol. The van der Waals surface area contributed by atoms with Crippen molar-refractivity contribution in [3.8, 4) is 11.5 Å². The van der Waals surface area contributed by atoms with Crippen LogP contribution in [-0.2, 0) is 15.9 Å². The molecule has 208 valence electrons. The van der Waals surface area contributed by atoms with Crippen molar-refractivity contribution in [1.82, 2.24) is 0 Å². The average Bonchev–Trinajstić information content (AvgIpc) is 2.89. The van der Waals surface area contributed by atoms with Crippen LogP contribution in [0.1, 0.15) is 32.3 Å². The molecule has 0 radical (unpaired) electrons. The van der Waals surface area contributed by atoms with Crippen LogP contribution in [0.25, 0.3) is 0 Å². The van der Waals surface area contributed by atoms with Gasteiger partial charge in [0.25, 0.3) is 10.9 Å². The minimum atomic E-state index is -0.895. The molecule has 0 aliphatic heterocycles. The number of hydrogen-bond acceptors (Lipinski definition) is 10. The van der Waals surface area contributed by atoms with Gasteiger partial charge < -0.3 is 40.4 Å². The number of aliphatic hydroxyl groups is 1. The van der Waals surface area contributed by atoms with Crippen molar-refractivity contribution < 1.29 is 24.1 Å². The fraction of sp³-hybridized carbons (Fsp3) is 0.630. The molecule has 0 saturated heterocycles. The van der Waals surface area contributed by atoms with Gasteiger partial charge >= 0.3 is 0 Å². The van der Waals surface area contributed by atoms with Crippen LogP contribution in [0.5, 0.6) is 11.5 Å². The molecule has 0 spiro atoms. The van der Waals surface area contributed by atoms with Crippen LogP contribution < -0.4 is 36.7 Å². The molecule has 0 aliphatic carbocycles. The van der Waals surface area contributed by atoms with E-state index in [9.17, 15) is 14.7 Å². The van der Waals surface area contributed by atoms with E-state index < -0.39 is 23.0 Å². The lowest BCUT2D eigenvalue weighted by Gasteiger charge is -2.28. The van der Waals surface area contributed by atoms with Crippen molar-refractivity contribution in [1.29, 1.82) is 0 Å². The summed E-state index contributed by atoms with van der Waals surface area (Å²) in [6, 6.07) is 5.40. The molecule has 0 amide bonds. The summed E-state index contributed by atoms with van der Waals surface area (Å²) in [5.74, 6) is 1.89. The topological polar surface area (TPSA) is 141 Å². The zero-order chi connectivity index (χ0) is 27.4. The van der Waals surface area contributed by atoms with E-state index in [-0.39, 0.29) is 23.8 Å². The van der Waals surface area contributed by atoms with Crippen LogP contribution in [0.2, 0.25) is 0 Å². The normalized spacial score (nSPS) is 13.9. The number of aliphatic hydroxyl groups excluding tert-OH is 1. The average molecular weight is 522 g/mol. The van der Waals surface area contributed by atoms with Gasteiger partial charge in [-0.3, -0.25) is 9.59 Å². The molecule has 0 aromatic heterocycles. The zero-order valence-electron chi connectivity index (χ0n) is 22.7. The van der Waals surface area contributed by atoms with Crippen molar-refractivity contribution >= 4 is 11.4 Å². The molecule has 10 nitrogen and oxygen atoms in total. The van der Waals surface area contributed by atoms with Crippen LogP contribution in [0, 0.1) is 11.8 Å². The van der Waals surface area contributed by atoms with E-state index in [1.54, 1.807) is 21.3 Å². The lowest BCUT2D eigenvalue weighted by molar-refractivity contribution is 0.137. The van der Waals surface area contributed by atoms with E-state index in [1.807, 2.05) is 18.2 Å². The lowest BCUT2D eigenvalue weighted by atomic mass is 9.83. The van der Waals surface area contributed by atoms with E-state index in [2.05, 4.69) is 24.5 Å². The summed E-state index contributed by atoms with van der Waals surface area (Å²) >= 11 is 0. The molecule has 0 unspecified atom stereocenters. The summed E-state index contributed by atoms with van der Waals surface area (Å²) < 4.78 is 21.4. The highest BCUT2D eigenvalue weighted by Crippen LogP contribution is 2.31. The highest BCUT2D eigenvalue weighted by atomic mass is 16.5. The fourth-order valence-electron chi connectivity index (χ4n) is 4.11. The summed E-state index contributed by atoms with van der Waals surface area (Å²) in [5, 5.41) is 16.5. The largest absolute Gasteiger partial charge is 0.493 e. The van der Waals surface area contributed by atoms with Gasteiger partial charge in [-0.15, -0.1) is 0 Å². The Labute approximate surface area is 219 Å². The highest BCUT2D eigenvalue weighted by molar-refractivity contribution is 5.73. The standard InChI is InChI=1S/C27H43N3O7/c1-17(2)19(13-18-7-8-22(36-5)23(14-18)37-11-6-10-34-3)15-20(28)21(31)16-30-25-24(26(32)27(25)33)29-9-12-35-4/h7-8,14,17,19-21,29-31H,6,9-13,15-16,28H2,1-5H3/t19-,20-,21-/m0/s1. The van der Waals surface area contributed by atoms with E-state index in [4.69, 9.17) is 24.7 Å². The van der Waals surface area contributed by atoms with Crippen LogP contribution in [-0.4, -0.2) is 71.5 Å². The third-order valence-corrected chi connectivity index (χ3v) is 6.49. The molecule has 2 aromatic rings. The number of methoxy groups -OCH3 is 3. The molecule has 0 fully saturated rings. The Morgan fingerprint density at radius 3 is 2.24 bits per heavy atom.